The Bertz CT molecular complexity index is 454. The van der Waals surface area contributed by atoms with Gasteiger partial charge in [0, 0.05) is 28.8 Å². The van der Waals surface area contributed by atoms with E-state index >= 15 is 0 Å². The molecule has 0 aliphatic carbocycles. The highest BCUT2D eigenvalue weighted by Gasteiger charge is 1.98. The minimum Gasteiger partial charge on any atom is -0.472 e. The van der Waals surface area contributed by atoms with Gasteiger partial charge in [-0.25, -0.2) is 0 Å². The molecular weight excluding hydrogens is 268 g/mol. The van der Waals surface area contributed by atoms with Crippen LogP contribution in [0.5, 0.6) is 0 Å². The smallest absolute Gasteiger partial charge is 0.0947 e. The SMILES string of the molecule is Nc1cc(CNCc2ccoc2)ccc1Br. The number of nitrogen functional groups attached to an aromatic ring is 1. The van der Waals surface area contributed by atoms with Crippen molar-refractivity contribution < 1.29 is 4.42 Å². The number of benzene rings is 1. The molecule has 84 valence electrons. The zero-order valence-electron chi connectivity index (χ0n) is 8.74. The largest absolute Gasteiger partial charge is 0.472 e. The van der Waals surface area contributed by atoms with Gasteiger partial charge in [-0.15, -0.1) is 0 Å². The van der Waals surface area contributed by atoms with Crippen LogP contribution >= 0.6 is 15.9 Å². The fourth-order valence-corrected chi connectivity index (χ4v) is 1.69. The first-order valence-electron chi connectivity index (χ1n) is 5.01. The van der Waals surface area contributed by atoms with Crippen LogP contribution in [0, 0.1) is 0 Å². The molecule has 0 aliphatic rings. The highest BCUT2D eigenvalue weighted by Crippen LogP contribution is 2.20. The lowest BCUT2D eigenvalue weighted by atomic mass is 10.2. The number of halogens is 1. The number of nitrogens with two attached hydrogens (primary N) is 1. The summed E-state index contributed by atoms with van der Waals surface area (Å²) in [7, 11) is 0. The Morgan fingerprint density at radius 1 is 1.19 bits per heavy atom. The highest BCUT2D eigenvalue weighted by molar-refractivity contribution is 9.10. The molecule has 1 aromatic heterocycles. The molecule has 1 aromatic carbocycles. The van der Waals surface area contributed by atoms with Gasteiger partial charge in [0.2, 0.25) is 0 Å². The lowest BCUT2D eigenvalue weighted by Crippen LogP contribution is -2.12. The average molecular weight is 281 g/mol. The van der Waals surface area contributed by atoms with Gasteiger partial charge in [-0.2, -0.15) is 0 Å². The predicted octanol–water partition coefficient (Wildman–Crippen LogP) is 2.91. The standard InChI is InChI=1S/C12H13BrN2O/c13-11-2-1-9(5-12(11)14)6-15-7-10-3-4-16-8-10/h1-5,8,15H,6-7,14H2. The number of anilines is 1. The Kier molecular flexibility index (Phi) is 3.64. The maximum absolute atomic E-state index is 5.80. The summed E-state index contributed by atoms with van der Waals surface area (Å²) in [6.45, 7) is 1.59. The van der Waals surface area contributed by atoms with E-state index in [2.05, 4.69) is 21.2 Å². The van der Waals surface area contributed by atoms with Crippen molar-refractivity contribution in [2.75, 3.05) is 5.73 Å². The molecule has 4 heteroatoms. The first-order chi connectivity index (χ1) is 7.75. The van der Waals surface area contributed by atoms with Crippen LogP contribution in [-0.4, -0.2) is 0 Å². The molecule has 0 radical (unpaired) electrons. The second-order valence-corrected chi connectivity index (χ2v) is 4.45. The second-order valence-electron chi connectivity index (χ2n) is 3.59. The topological polar surface area (TPSA) is 51.2 Å². The molecule has 0 spiro atoms. The maximum atomic E-state index is 5.80. The van der Waals surface area contributed by atoms with Gasteiger partial charge in [0.25, 0.3) is 0 Å². The van der Waals surface area contributed by atoms with Crippen LogP contribution < -0.4 is 11.1 Å². The minimum atomic E-state index is 0.766. The molecule has 2 aromatic rings. The van der Waals surface area contributed by atoms with Gasteiger partial charge in [0.1, 0.15) is 0 Å². The first-order valence-corrected chi connectivity index (χ1v) is 5.80. The third-order valence-corrected chi connectivity index (χ3v) is 3.02. The molecule has 1 heterocycles. The van der Waals surface area contributed by atoms with E-state index < -0.39 is 0 Å². The Labute approximate surface area is 103 Å². The van der Waals surface area contributed by atoms with Gasteiger partial charge in [-0.1, -0.05) is 6.07 Å². The molecule has 2 rings (SSSR count). The Hall–Kier alpha value is -1.26. The summed E-state index contributed by atoms with van der Waals surface area (Å²) in [5, 5.41) is 3.32. The molecule has 3 nitrogen and oxygen atoms in total. The molecule has 0 amide bonds. The zero-order chi connectivity index (χ0) is 11.4. The summed E-state index contributed by atoms with van der Waals surface area (Å²) in [6.07, 6.45) is 3.41. The van der Waals surface area contributed by atoms with Gasteiger partial charge < -0.3 is 15.5 Å². The number of hydrogen-bond donors (Lipinski definition) is 2. The molecular formula is C12H13BrN2O. The Morgan fingerprint density at radius 3 is 2.69 bits per heavy atom. The van der Waals surface area contributed by atoms with E-state index in [1.807, 2.05) is 24.3 Å². The van der Waals surface area contributed by atoms with E-state index in [0.717, 1.165) is 28.8 Å². The summed E-state index contributed by atoms with van der Waals surface area (Å²) in [5.41, 5.74) is 8.88. The van der Waals surface area contributed by atoms with Crippen LogP contribution in [0.3, 0.4) is 0 Å². The second kappa shape index (κ2) is 5.18. The van der Waals surface area contributed by atoms with Crippen molar-refractivity contribution in [3.63, 3.8) is 0 Å². The van der Waals surface area contributed by atoms with Gasteiger partial charge >= 0.3 is 0 Å². The van der Waals surface area contributed by atoms with Crippen LogP contribution in [-0.2, 0) is 13.1 Å². The van der Waals surface area contributed by atoms with Crippen molar-refractivity contribution in [3.8, 4) is 0 Å². The van der Waals surface area contributed by atoms with E-state index in [9.17, 15) is 0 Å². The van der Waals surface area contributed by atoms with E-state index in [0.29, 0.717) is 0 Å². The molecule has 0 unspecified atom stereocenters. The van der Waals surface area contributed by atoms with Crippen LogP contribution in [0.15, 0.2) is 45.7 Å². The fraction of sp³-hybridized carbons (Fsp3) is 0.167. The normalized spacial score (nSPS) is 10.6. The number of hydrogen-bond acceptors (Lipinski definition) is 3. The molecule has 0 saturated carbocycles. The molecule has 16 heavy (non-hydrogen) atoms. The molecule has 3 N–H and O–H groups in total. The van der Waals surface area contributed by atoms with Gasteiger partial charge in [0.05, 0.1) is 12.5 Å². The van der Waals surface area contributed by atoms with Crippen molar-refractivity contribution in [1.82, 2.24) is 5.32 Å². The number of rotatable bonds is 4. The molecule has 0 bridgehead atoms. The van der Waals surface area contributed by atoms with Crippen LogP contribution in [0.1, 0.15) is 11.1 Å². The Morgan fingerprint density at radius 2 is 2.00 bits per heavy atom. The summed E-state index contributed by atoms with van der Waals surface area (Å²) in [6, 6.07) is 7.92. The average Bonchev–Trinajstić information content (AvgIpc) is 2.76. The zero-order valence-corrected chi connectivity index (χ0v) is 10.3. The van der Waals surface area contributed by atoms with Gasteiger partial charge in [0.15, 0.2) is 0 Å². The van der Waals surface area contributed by atoms with Crippen molar-refractivity contribution in [3.05, 3.63) is 52.4 Å². The summed E-state index contributed by atoms with van der Waals surface area (Å²) in [5.74, 6) is 0. The summed E-state index contributed by atoms with van der Waals surface area (Å²) in [4.78, 5) is 0. The lowest BCUT2D eigenvalue weighted by Gasteiger charge is -2.05. The molecule has 0 aliphatic heterocycles. The minimum absolute atomic E-state index is 0.766. The number of nitrogens with one attached hydrogen (secondary N) is 1. The molecule has 0 saturated heterocycles. The highest BCUT2D eigenvalue weighted by atomic mass is 79.9. The van der Waals surface area contributed by atoms with Crippen LogP contribution in [0.25, 0.3) is 0 Å². The van der Waals surface area contributed by atoms with Gasteiger partial charge in [-0.3, -0.25) is 0 Å². The van der Waals surface area contributed by atoms with Crippen LogP contribution in [0.2, 0.25) is 0 Å². The first kappa shape index (κ1) is 11.2. The monoisotopic (exact) mass is 280 g/mol. The summed E-state index contributed by atoms with van der Waals surface area (Å²) < 4.78 is 5.92. The van der Waals surface area contributed by atoms with Crippen molar-refractivity contribution in [2.45, 2.75) is 13.1 Å². The van der Waals surface area contributed by atoms with Crippen molar-refractivity contribution >= 4 is 21.6 Å². The van der Waals surface area contributed by atoms with E-state index in [1.54, 1.807) is 12.5 Å². The Balaban J connectivity index is 1.87. The lowest BCUT2D eigenvalue weighted by molar-refractivity contribution is 0.560. The molecule has 0 fully saturated rings. The van der Waals surface area contributed by atoms with E-state index in [4.69, 9.17) is 10.2 Å². The van der Waals surface area contributed by atoms with E-state index in [-0.39, 0.29) is 0 Å². The summed E-state index contributed by atoms with van der Waals surface area (Å²) >= 11 is 3.37. The van der Waals surface area contributed by atoms with Gasteiger partial charge in [-0.05, 0) is 39.7 Å². The quantitative estimate of drug-likeness (QED) is 0.847. The predicted molar refractivity (Wildman–Crippen MR) is 67.8 cm³/mol. The number of furan rings is 1. The van der Waals surface area contributed by atoms with Crippen molar-refractivity contribution in [1.29, 1.82) is 0 Å². The maximum Gasteiger partial charge on any atom is 0.0947 e. The van der Waals surface area contributed by atoms with Crippen LogP contribution in [0.4, 0.5) is 5.69 Å². The third kappa shape index (κ3) is 2.87. The van der Waals surface area contributed by atoms with Crippen molar-refractivity contribution in [2.24, 2.45) is 0 Å². The van der Waals surface area contributed by atoms with E-state index in [1.165, 1.54) is 5.56 Å². The third-order valence-electron chi connectivity index (χ3n) is 2.30. The fourth-order valence-electron chi connectivity index (χ4n) is 1.45. The molecule has 0 atom stereocenters.